The molecule has 0 fully saturated rings. The van der Waals surface area contributed by atoms with Gasteiger partial charge >= 0.3 is 5.97 Å². The van der Waals surface area contributed by atoms with E-state index < -0.39 is 0 Å². The number of carbonyl (C=O) groups excluding carboxylic acids is 1. The van der Waals surface area contributed by atoms with E-state index in [1.165, 1.54) is 7.11 Å². The Kier molecular flexibility index (Phi) is 6.39. The van der Waals surface area contributed by atoms with Gasteiger partial charge in [-0.15, -0.1) is 0 Å². The van der Waals surface area contributed by atoms with Crippen LogP contribution >= 0.6 is 0 Å². The standard InChI is InChI=1S/C20H26N2O3/c1-6-9-13(2)18(20(23)25-5)19(16-12-21-22-14(16)3)15-10-7-8-11-17(15)24-4/h7-8,10-12,19H,6,9H2,1-5H3,(H,21,22)/b18-13-. The Morgan fingerprint density at radius 3 is 2.52 bits per heavy atom. The zero-order valence-electron chi connectivity index (χ0n) is 15.6. The second-order valence-corrected chi connectivity index (χ2v) is 6.06. The molecule has 0 saturated carbocycles. The monoisotopic (exact) mass is 342 g/mol. The number of benzene rings is 1. The highest BCUT2D eigenvalue weighted by atomic mass is 16.5. The van der Waals surface area contributed by atoms with Crippen molar-refractivity contribution in [2.45, 2.75) is 39.5 Å². The predicted octanol–water partition coefficient (Wildman–Crippen LogP) is 4.15. The molecule has 134 valence electrons. The van der Waals surface area contributed by atoms with Crippen LogP contribution in [-0.4, -0.2) is 30.4 Å². The van der Waals surface area contributed by atoms with Crippen LogP contribution < -0.4 is 4.74 Å². The van der Waals surface area contributed by atoms with Gasteiger partial charge in [-0.25, -0.2) is 4.79 Å². The average Bonchev–Trinajstić information content (AvgIpc) is 3.04. The van der Waals surface area contributed by atoms with E-state index in [0.717, 1.165) is 41.0 Å². The summed E-state index contributed by atoms with van der Waals surface area (Å²) in [7, 11) is 3.06. The first-order chi connectivity index (χ1) is 12.0. The van der Waals surface area contributed by atoms with Crippen molar-refractivity contribution in [1.29, 1.82) is 0 Å². The van der Waals surface area contributed by atoms with Crippen LogP contribution in [-0.2, 0) is 9.53 Å². The molecule has 5 heteroatoms. The van der Waals surface area contributed by atoms with Gasteiger partial charge in [0.15, 0.2) is 0 Å². The second-order valence-electron chi connectivity index (χ2n) is 6.06. The molecule has 0 bridgehead atoms. The summed E-state index contributed by atoms with van der Waals surface area (Å²) >= 11 is 0. The maximum Gasteiger partial charge on any atom is 0.334 e. The van der Waals surface area contributed by atoms with E-state index in [4.69, 9.17) is 9.47 Å². The molecule has 0 aliphatic heterocycles. The molecule has 5 nitrogen and oxygen atoms in total. The molecule has 25 heavy (non-hydrogen) atoms. The minimum atomic E-state index is -0.317. The van der Waals surface area contributed by atoms with Crippen LogP contribution in [0.4, 0.5) is 0 Å². The van der Waals surface area contributed by atoms with Crippen LogP contribution in [0.5, 0.6) is 5.75 Å². The molecule has 0 aliphatic carbocycles. The van der Waals surface area contributed by atoms with Gasteiger partial charge in [0.05, 0.1) is 20.4 Å². The van der Waals surface area contributed by atoms with Gasteiger partial charge < -0.3 is 9.47 Å². The number of ether oxygens (including phenoxy) is 2. The fourth-order valence-electron chi connectivity index (χ4n) is 3.19. The summed E-state index contributed by atoms with van der Waals surface area (Å²) in [6.07, 6.45) is 3.55. The third-order valence-electron chi connectivity index (χ3n) is 4.41. The van der Waals surface area contributed by atoms with Gasteiger partial charge in [0.2, 0.25) is 0 Å². The van der Waals surface area contributed by atoms with E-state index in [2.05, 4.69) is 17.1 Å². The van der Waals surface area contributed by atoms with Crippen molar-refractivity contribution in [1.82, 2.24) is 10.2 Å². The lowest BCUT2D eigenvalue weighted by Gasteiger charge is -2.23. The van der Waals surface area contributed by atoms with Gasteiger partial charge in [-0.3, -0.25) is 5.10 Å². The molecule has 0 spiro atoms. The Bertz CT molecular complexity index is 762. The largest absolute Gasteiger partial charge is 0.496 e. The van der Waals surface area contributed by atoms with Crippen LogP contribution in [0.15, 0.2) is 41.6 Å². The molecule has 1 aromatic carbocycles. The van der Waals surface area contributed by atoms with Crippen molar-refractivity contribution in [3.63, 3.8) is 0 Å². The number of para-hydroxylation sites is 1. The molecule has 1 N–H and O–H groups in total. The number of aromatic nitrogens is 2. The van der Waals surface area contributed by atoms with E-state index >= 15 is 0 Å². The van der Waals surface area contributed by atoms with Gasteiger partial charge in [-0.1, -0.05) is 37.1 Å². The number of H-pyrrole nitrogens is 1. The third kappa shape index (κ3) is 3.92. The molecule has 0 aliphatic rings. The van der Waals surface area contributed by atoms with Crippen molar-refractivity contribution in [2.75, 3.05) is 14.2 Å². The Balaban J connectivity index is 2.76. The first kappa shape index (κ1) is 18.8. The molecule has 0 radical (unpaired) electrons. The van der Waals surface area contributed by atoms with E-state index in [1.54, 1.807) is 13.3 Å². The van der Waals surface area contributed by atoms with E-state index in [1.807, 2.05) is 38.1 Å². The number of hydrogen-bond acceptors (Lipinski definition) is 4. The average molecular weight is 342 g/mol. The third-order valence-corrected chi connectivity index (χ3v) is 4.41. The van der Waals surface area contributed by atoms with E-state index in [-0.39, 0.29) is 11.9 Å². The predicted molar refractivity (Wildman–Crippen MR) is 97.8 cm³/mol. The highest BCUT2D eigenvalue weighted by molar-refractivity contribution is 5.92. The summed E-state index contributed by atoms with van der Waals surface area (Å²) in [4.78, 5) is 12.7. The molecule has 0 saturated heterocycles. The first-order valence-corrected chi connectivity index (χ1v) is 8.45. The molecule has 1 unspecified atom stereocenters. The van der Waals surface area contributed by atoms with Gasteiger partial charge in [0.1, 0.15) is 5.75 Å². The Labute approximate surface area is 149 Å². The van der Waals surface area contributed by atoms with Crippen LogP contribution in [0.3, 0.4) is 0 Å². The molecule has 1 heterocycles. The fourth-order valence-corrected chi connectivity index (χ4v) is 3.19. The van der Waals surface area contributed by atoms with Crippen molar-refractivity contribution in [3.8, 4) is 5.75 Å². The van der Waals surface area contributed by atoms with E-state index in [0.29, 0.717) is 5.57 Å². The lowest BCUT2D eigenvalue weighted by atomic mass is 9.81. The number of carbonyl (C=O) groups is 1. The number of rotatable bonds is 7. The summed E-state index contributed by atoms with van der Waals surface area (Å²) in [5.74, 6) is 0.121. The lowest BCUT2D eigenvalue weighted by molar-refractivity contribution is -0.136. The van der Waals surface area contributed by atoms with E-state index in [9.17, 15) is 4.79 Å². The minimum absolute atomic E-state index is 0.297. The fraction of sp³-hybridized carbons (Fsp3) is 0.400. The summed E-state index contributed by atoms with van der Waals surface area (Å²) in [5, 5.41) is 7.13. The highest BCUT2D eigenvalue weighted by Gasteiger charge is 2.31. The summed E-state index contributed by atoms with van der Waals surface area (Å²) in [6, 6.07) is 7.76. The summed E-state index contributed by atoms with van der Waals surface area (Å²) < 4.78 is 10.7. The second kappa shape index (κ2) is 8.51. The Morgan fingerprint density at radius 2 is 1.96 bits per heavy atom. The summed E-state index contributed by atoms with van der Waals surface area (Å²) in [6.45, 7) is 6.04. The Hall–Kier alpha value is -2.56. The van der Waals surface area contributed by atoms with Gasteiger partial charge in [0, 0.05) is 28.3 Å². The SMILES string of the molecule is CCC/C(C)=C(\C(=O)OC)C(c1ccccc1OC)c1cn[nH]c1C. The maximum absolute atomic E-state index is 12.7. The van der Waals surface area contributed by atoms with Crippen LogP contribution in [0.1, 0.15) is 49.4 Å². The first-order valence-electron chi connectivity index (χ1n) is 8.45. The number of nitrogens with zero attached hydrogens (tertiary/aromatic N) is 1. The van der Waals surface area contributed by atoms with Gasteiger partial charge in [-0.2, -0.15) is 5.10 Å². The number of allylic oxidation sites excluding steroid dienone is 1. The summed E-state index contributed by atoms with van der Waals surface area (Å²) in [5.41, 5.74) is 4.46. The number of methoxy groups -OCH3 is 2. The minimum Gasteiger partial charge on any atom is -0.496 e. The van der Waals surface area contributed by atoms with Crippen LogP contribution in [0.2, 0.25) is 0 Å². The normalized spacial score (nSPS) is 13.2. The molecule has 2 rings (SSSR count). The van der Waals surface area contributed by atoms with Crippen molar-refractivity contribution >= 4 is 5.97 Å². The number of aromatic amines is 1. The van der Waals surface area contributed by atoms with Gasteiger partial charge in [0.25, 0.3) is 0 Å². The smallest absolute Gasteiger partial charge is 0.334 e. The van der Waals surface area contributed by atoms with Crippen molar-refractivity contribution in [3.05, 3.63) is 58.4 Å². The quantitative estimate of drug-likeness (QED) is 0.606. The van der Waals surface area contributed by atoms with Crippen molar-refractivity contribution < 1.29 is 14.3 Å². The number of esters is 1. The maximum atomic E-state index is 12.7. The topological polar surface area (TPSA) is 64.2 Å². The highest BCUT2D eigenvalue weighted by Crippen LogP contribution is 2.40. The molecular weight excluding hydrogens is 316 g/mol. The number of nitrogens with one attached hydrogen (secondary N) is 1. The van der Waals surface area contributed by atoms with Gasteiger partial charge in [-0.05, 0) is 26.3 Å². The molecule has 1 atom stereocenters. The molecular formula is C20H26N2O3. The van der Waals surface area contributed by atoms with Crippen LogP contribution in [0, 0.1) is 6.92 Å². The zero-order chi connectivity index (χ0) is 18.4. The molecule has 1 aromatic heterocycles. The Morgan fingerprint density at radius 1 is 1.24 bits per heavy atom. The lowest BCUT2D eigenvalue weighted by Crippen LogP contribution is -2.18. The zero-order valence-corrected chi connectivity index (χ0v) is 15.6. The van der Waals surface area contributed by atoms with Crippen molar-refractivity contribution in [2.24, 2.45) is 0 Å². The molecule has 0 amide bonds. The van der Waals surface area contributed by atoms with Crippen LogP contribution in [0.25, 0.3) is 0 Å². The molecule has 2 aromatic rings. The number of hydrogen-bond donors (Lipinski definition) is 1. The number of aryl methyl sites for hydroxylation is 1.